The van der Waals surface area contributed by atoms with Crippen molar-refractivity contribution in [3.63, 3.8) is 0 Å². The molecule has 2 aromatic rings. The van der Waals surface area contributed by atoms with Crippen molar-refractivity contribution in [2.45, 2.75) is 5.41 Å². The van der Waals surface area contributed by atoms with Crippen LogP contribution in [0.3, 0.4) is 0 Å². The van der Waals surface area contributed by atoms with Gasteiger partial charge in [0.2, 0.25) is 5.41 Å². The molecule has 0 amide bonds. The van der Waals surface area contributed by atoms with Crippen LogP contribution in [0, 0.1) is 0 Å². The highest BCUT2D eigenvalue weighted by Gasteiger charge is 2.53. The lowest BCUT2D eigenvalue weighted by atomic mass is 9.73. The summed E-state index contributed by atoms with van der Waals surface area (Å²) in [6, 6.07) is 10.5. The highest BCUT2D eigenvalue weighted by molar-refractivity contribution is 6.09. The van der Waals surface area contributed by atoms with Crippen molar-refractivity contribution in [2.75, 3.05) is 0 Å². The fourth-order valence-electron chi connectivity index (χ4n) is 2.28. The topological polar surface area (TPSA) is 115 Å². The molecule has 0 unspecified atom stereocenters. The van der Waals surface area contributed by atoms with Gasteiger partial charge in [-0.3, -0.25) is 9.59 Å². The Kier molecular flexibility index (Phi) is 3.54. The average Bonchev–Trinajstić information content (AvgIpc) is 2.42. The number of hydrogen-bond acceptors (Lipinski definition) is 4. The Labute approximate surface area is 119 Å². The summed E-state index contributed by atoms with van der Waals surface area (Å²) in [6.07, 6.45) is 0. The first-order chi connectivity index (χ1) is 9.92. The second kappa shape index (κ2) is 5.16. The average molecular weight is 288 g/mol. The molecule has 6 heteroatoms. The monoisotopic (exact) mass is 288 g/mol. The van der Waals surface area contributed by atoms with Crippen molar-refractivity contribution < 1.29 is 30.0 Å². The van der Waals surface area contributed by atoms with Crippen LogP contribution in [0.15, 0.2) is 48.5 Å². The molecule has 6 nitrogen and oxygen atoms in total. The van der Waals surface area contributed by atoms with Crippen molar-refractivity contribution in [1.29, 1.82) is 0 Å². The van der Waals surface area contributed by atoms with Crippen LogP contribution in [0.1, 0.15) is 11.1 Å². The van der Waals surface area contributed by atoms with Crippen molar-refractivity contribution in [3.05, 3.63) is 59.7 Å². The molecular weight excluding hydrogens is 276 g/mol. The summed E-state index contributed by atoms with van der Waals surface area (Å²) in [5.74, 6) is -4.38. The Hall–Kier alpha value is -3.02. The van der Waals surface area contributed by atoms with Gasteiger partial charge in [-0.05, 0) is 12.1 Å². The van der Waals surface area contributed by atoms with Gasteiger partial charge >= 0.3 is 11.9 Å². The molecule has 0 spiro atoms. The minimum atomic E-state index is -2.60. The van der Waals surface area contributed by atoms with E-state index in [2.05, 4.69) is 0 Å². The van der Waals surface area contributed by atoms with E-state index in [-0.39, 0.29) is 11.1 Å². The van der Waals surface area contributed by atoms with Crippen molar-refractivity contribution in [3.8, 4) is 11.5 Å². The van der Waals surface area contributed by atoms with Gasteiger partial charge in [-0.1, -0.05) is 36.4 Å². The molecule has 2 rings (SSSR count). The molecule has 0 aromatic heterocycles. The summed E-state index contributed by atoms with van der Waals surface area (Å²) in [5.41, 5.74) is -3.26. The van der Waals surface area contributed by atoms with E-state index in [1.807, 2.05) is 0 Å². The van der Waals surface area contributed by atoms with Gasteiger partial charge in [-0.15, -0.1) is 0 Å². The number of phenols is 2. The first kappa shape index (κ1) is 14.4. The molecule has 0 aliphatic rings. The summed E-state index contributed by atoms with van der Waals surface area (Å²) in [5, 5.41) is 38.9. The molecule has 0 fully saturated rings. The number of rotatable bonds is 4. The minimum absolute atomic E-state index is 0.327. The molecule has 0 aliphatic heterocycles. The number of carboxylic acid groups (broad SMARTS) is 2. The molecular formula is C15H12O6. The number of aliphatic carboxylic acids is 2. The van der Waals surface area contributed by atoms with Crippen LogP contribution in [0.2, 0.25) is 0 Å². The standard InChI is InChI=1S/C15H12O6/c16-11-7-3-1-5-9(11)15(13(18)19,14(20)21)10-6-2-4-8-12(10)17/h1-8,16-17H,(H,18,19)(H,20,21). The molecule has 108 valence electrons. The first-order valence-corrected chi connectivity index (χ1v) is 5.96. The zero-order chi connectivity index (χ0) is 15.6. The molecule has 21 heavy (non-hydrogen) atoms. The van der Waals surface area contributed by atoms with E-state index in [1.165, 1.54) is 48.5 Å². The fraction of sp³-hybridized carbons (Fsp3) is 0.0667. The van der Waals surface area contributed by atoms with Gasteiger partial charge in [0, 0.05) is 11.1 Å². The Balaban J connectivity index is 2.91. The van der Waals surface area contributed by atoms with E-state index in [0.717, 1.165) is 0 Å². The van der Waals surface area contributed by atoms with Gasteiger partial charge in [0.1, 0.15) is 11.5 Å². The predicted octanol–water partition coefficient (Wildman–Crippen LogP) is 1.55. The largest absolute Gasteiger partial charge is 0.508 e. The number of phenolic OH excluding ortho intramolecular Hbond substituents is 2. The molecule has 0 heterocycles. The summed E-state index contributed by atoms with van der Waals surface area (Å²) in [7, 11) is 0. The lowest BCUT2D eigenvalue weighted by Gasteiger charge is -2.27. The molecule has 0 saturated heterocycles. The van der Waals surface area contributed by atoms with E-state index in [4.69, 9.17) is 0 Å². The Bertz CT molecular complexity index is 645. The van der Waals surface area contributed by atoms with Gasteiger partial charge in [0.15, 0.2) is 0 Å². The summed E-state index contributed by atoms with van der Waals surface area (Å²) in [6.45, 7) is 0. The van der Waals surface area contributed by atoms with Crippen LogP contribution in [0.4, 0.5) is 0 Å². The lowest BCUT2D eigenvalue weighted by molar-refractivity contribution is -0.155. The highest BCUT2D eigenvalue weighted by Crippen LogP contribution is 2.41. The third-order valence-corrected chi connectivity index (χ3v) is 3.26. The third kappa shape index (κ3) is 2.06. The lowest BCUT2D eigenvalue weighted by Crippen LogP contribution is -2.45. The first-order valence-electron chi connectivity index (χ1n) is 5.96. The number of carboxylic acids is 2. The Morgan fingerprint density at radius 3 is 1.33 bits per heavy atom. The Morgan fingerprint density at radius 2 is 1.05 bits per heavy atom. The van der Waals surface area contributed by atoms with E-state index in [0.29, 0.717) is 0 Å². The van der Waals surface area contributed by atoms with Crippen molar-refractivity contribution in [1.82, 2.24) is 0 Å². The van der Waals surface area contributed by atoms with E-state index < -0.39 is 28.9 Å². The number of benzene rings is 2. The molecule has 0 atom stereocenters. The van der Waals surface area contributed by atoms with Crippen LogP contribution < -0.4 is 0 Å². The molecule has 4 N–H and O–H groups in total. The van der Waals surface area contributed by atoms with Crippen molar-refractivity contribution in [2.24, 2.45) is 0 Å². The minimum Gasteiger partial charge on any atom is -0.508 e. The van der Waals surface area contributed by atoms with Crippen LogP contribution in [0.25, 0.3) is 0 Å². The van der Waals surface area contributed by atoms with E-state index >= 15 is 0 Å². The number of aromatic hydroxyl groups is 2. The van der Waals surface area contributed by atoms with Gasteiger partial charge in [0.25, 0.3) is 0 Å². The molecule has 0 radical (unpaired) electrons. The summed E-state index contributed by atoms with van der Waals surface area (Å²) < 4.78 is 0. The number of carbonyl (C=O) groups is 2. The van der Waals surface area contributed by atoms with Crippen LogP contribution >= 0.6 is 0 Å². The third-order valence-electron chi connectivity index (χ3n) is 3.26. The maximum absolute atomic E-state index is 11.8. The highest BCUT2D eigenvalue weighted by atomic mass is 16.4. The Morgan fingerprint density at radius 1 is 0.714 bits per heavy atom. The summed E-state index contributed by atoms with van der Waals surface area (Å²) >= 11 is 0. The van der Waals surface area contributed by atoms with Gasteiger partial charge in [-0.2, -0.15) is 0 Å². The summed E-state index contributed by atoms with van der Waals surface area (Å²) in [4.78, 5) is 23.5. The quantitative estimate of drug-likeness (QED) is 0.634. The van der Waals surface area contributed by atoms with E-state index in [9.17, 15) is 30.0 Å². The maximum Gasteiger partial charge on any atom is 0.330 e. The van der Waals surface area contributed by atoms with Crippen LogP contribution in [0.5, 0.6) is 11.5 Å². The second-order valence-corrected chi connectivity index (χ2v) is 4.39. The maximum atomic E-state index is 11.8. The van der Waals surface area contributed by atoms with Crippen LogP contribution in [-0.4, -0.2) is 32.4 Å². The zero-order valence-electron chi connectivity index (χ0n) is 10.7. The normalized spacial score (nSPS) is 11.0. The zero-order valence-corrected chi connectivity index (χ0v) is 10.7. The second-order valence-electron chi connectivity index (χ2n) is 4.39. The SMILES string of the molecule is O=C(O)C(C(=O)O)(c1ccccc1O)c1ccccc1O. The van der Waals surface area contributed by atoms with Gasteiger partial charge < -0.3 is 20.4 Å². The van der Waals surface area contributed by atoms with Crippen molar-refractivity contribution >= 4 is 11.9 Å². The number of para-hydroxylation sites is 2. The number of hydrogen-bond donors (Lipinski definition) is 4. The molecule has 0 saturated carbocycles. The molecule has 0 aliphatic carbocycles. The fourth-order valence-corrected chi connectivity index (χ4v) is 2.28. The van der Waals surface area contributed by atoms with Gasteiger partial charge in [-0.25, -0.2) is 0 Å². The van der Waals surface area contributed by atoms with E-state index in [1.54, 1.807) is 0 Å². The van der Waals surface area contributed by atoms with Crippen LogP contribution in [-0.2, 0) is 15.0 Å². The smallest absolute Gasteiger partial charge is 0.330 e. The predicted molar refractivity (Wildman–Crippen MR) is 72.3 cm³/mol. The van der Waals surface area contributed by atoms with Gasteiger partial charge in [0.05, 0.1) is 0 Å². The molecule has 2 aromatic carbocycles. The molecule has 0 bridgehead atoms.